The molecule has 1 N–H and O–H groups in total. The van der Waals surface area contributed by atoms with Crippen LogP contribution in [0.5, 0.6) is 0 Å². The normalized spacial score (nSPS) is 32.0. The number of ether oxygens (including phenoxy) is 2. The Morgan fingerprint density at radius 2 is 2.09 bits per heavy atom. The fourth-order valence-electron chi connectivity index (χ4n) is 4.23. The van der Waals surface area contributed by atoms with Crippen LogP contribution in [0.4, 0.5) is 4.39 Å². The van der Waals surface area contributed by atoms with E-state index in [1.807, 2.05) is 6.07 Å². The van der Waals surface area contributed by atoms with E-state index in [1.54, 1.807) is 6.07 Å². The molecule has 0 saturated carbocycles. The number of nitrogens with one attached hydrogen (secondary N) is 1. The van der Waals surface area contributed by atoms with Crippen molar-refractivity contribution in [2.24, 2.45) is 5.92 Å². The lowest BCUT2D eigenvalue weighted by Crippen LogP contribution is -2.52. The Bertz CT molecular complexity index is 600. The van der Waals surface area contributed by atoms with Gasteiger partial charge in [-0.1, -0.05) is 12.1 Å². The van der Waals surface area contributed by atoms with E-state index in [1.165, 1.54) is 12.1 Å². The number of hydrogen-bond acceptors (Lipinski definition) is 3. The molecule has 0 aromatic heterocycles. The number of rotatable bonds is 3. The number of hydrogen-bond donors (Lipinski definition) is 1. The predicted molar refractivity (Wildman–Crippen MR) is 82.3 cm³/mol. The summed E-state index contributed by atoms with van der Waals surface area (Å²) in [4.78, 5) is 12.8. The zero-order valence-corrected chi connectivity index (χ0v) is 13.1. The molecule has 4 nitrogen and oxygen atoms in total. The van der Waals surface area contributed by atoms with Crippen molar-refractivity contribution >= 4 is 5.91 Å². The van der Waals surface area contributed by atoms with Gasteiger partial charge in [-0.05, 0) is 49.8 Å². The molecule has 3 heterocycles. The van der Waals surface area contributed by atoms with Gasteiger partial charge in [-0.25, -0.2) is 4.39 Å². The van der Waals surface area contributed by atoms with Crippen LogP contribution in [0.25, 0.3) is 0 Å². The third kappa shape index (κ3) is 2.76. The average molecular weight is 319 g/mol. The van der Waals surface area contributed by atoms with E-state index >= 15 is 0 Å². The number of benzene rings is 1. The fraction of sp³-hybridized carbons (Fsp3) is 0.611. The molecule has 0 aliphatic carbocycles. The van der Waals surface area contributed by atoms with E-state index in [0.717, 1.165) is 24.8 Å². The summed E-state index contributed by atoms with van der Waals surface area (Å²) in [5.41, 5.74) is 0.303. The molecule has 2 bridgehead atoms. The summed E-state index contributed by atoms with van der Waals surface area (Å²) in [7, 11) is 0. The summed E-state index contributed by atoms with van der Waals surface area (Å²) in [5, 5.41) is 3.24. The summed E-state index contributed by atoms with van der Waals surface area (Å²) in [6.45, 7) is 1.15. The summed E-state index contributed by atoms with van der Waals surface area (Å²) >= 11 is 0. The molecule has 1 amide bonds. The highest BCUT2D eigenvalue weighted by Gasteiger charge is 2.46. The minimum atomic E-state index is -0.529. The molecular formula is C18H22FNO3. The highest BCUT2D eigenvalue weighted by Crippen LogP contribution is 2.40. The number of halogens is 1. The first-order valence-electron chi connectivity index (χ1n) is 8.48. The molecule has 3 saturated heterocycles. The van der Waals surface area contributed by atoms with Crippen LogP contribution in [0, 0.1) is 11.7 Å². The molecule has 4 rings (SSSR count). The Hall–Kier alpha value is -1.46. The number of carbonyl (C=O) groups excluding carboxylic acids is 1. The molecule has 0 spiro atoms. The van der Waals surface area contributed by atoms with Gasteiger partial charge in [0.2, 0.25) is 5.91 Å². The Kier molecular flexibility index (Phi) is 3.85. The highest BCUT2D eigenvalue weighted by molar-refractivity contribution is 5.81. The summed E-state index contributed by atoms with van der Waals surface area (Å²) in [6, 6.07) is 6.56. The fourth-order valence-corrected chi connectivity index (χ4v) is 4.23. The third-order valence-corrected chi connectivity index (χ3v) is 5.53. The van der Waals surface area contributed by atoms with Crippen LogP contribution in [0.3, 0.4) is 0 Å². The quantitative estimate of drug-likeness (QED) is 0.931. The lowest BCUT2D eigenvalue weighted by molar-refractivity contribution is -0.130. The van der Waals surface area contributed by atoms with Crippen molar-refractivity contribution in [2.45, 2.75) is 49.9 Å². The zero-order chi connectivity index (χ0) is 15.9. The molecule has 124 valence electrons. The van der Waals surface area contributed by atoms with Gasteiger partial charge >= 0.3 is 0 Å². The predicted octanol–water partition coefficient (Wildman–Crippen LogP) is 2.52. The van der Waals surface area contributed by atoms with Crippen molar-refractivity contribution in [3.8, 4) is 0 Å². The molecule has 3 aliphatic rings. The highest BCUT2D eigenvalue weighted by atomic mass is 19.1. The smallest absolute Gasteiger partial charge is 0.226 e. The lowest BCUT2D eigenvalue weighted by Gasteiger charge is -2.39. The molecule has 0 unspecified atom stereocenters. The van der Waals surface area contributed by atoms with E-state index in [2.05, 4.69) is 5.32 Å². The standard InChI is InChI=1S/C18H22FNO3/c19-13-3-1-2-12(10-13)18(6-8-22-9-7-18)20-17(21)15-11-14-4-5-16(15)23-14/h1-3,10,14-16H,4-9,11H2,(H,20,21)/t14-,15-,16-/m1/s1. The Morgan fingerprint density at radius 1 is 1.26 bits per heavy atom. The maximum absolute atomic E-state index is 13.7. The number of amides is 1. The van der Waals surface area contributed by atoms with Crippen LogP contribution in [0.1, 0.15) is 37.7 Å². The third-order valence-electron chi connectivity index (χ3n) is 5.53. The second-order valence-electron chi connectivity index (χ2n) is 6.91. The van der Waals surface area contributed by atoms with Crippen LogP contribution in [-0.2, 0) is 19.8 Å². The SMILES string of the molecule is O=C(NC1(c2cccc(F)c2)CCOCC1)[C@@H]1C[C@H]2CC[C@H]1O2. The van der Waals surface area contributed by atoms with Crippen molar-refractivity contribution in [3.05, 3.63) is 35.6 Å². The maximum atomic E-state index is 13.7. The van der Waals surface area contributed by atoms with Crippen molar-refractivity contribution in [2.75, 3.05) is 13.2 Å². The van der Waals surface area contributed by atoms with Gasteiger partial charge in [-0.15, -0.1) is 0 Å². The minimum Gasteiger partial charge on any atom is -0.381 e. The lowest BCUT2D eigenvalue weighted by atomic mass is 9.81. The molecule has 0 radical (unpaired) electrons. The molecule has 3 aliphatic heterocycles. The number of fused-ring (bicyclic) bond motifs is 2. The van der Waals surface area contributed by atoms with E-state index in [0.29, 0.717) is 26.1 Å². The first kappa shape index (κ1) is 15.1. The van der Waals surface area contributed by atoms with Crippen LogP contribution < -0.4 is 5.32 Å². The largest absolute Gasteiger partial charge is 0.381 e. The minimum absolute atomic E-state index is 0.0448. The van der Waals surface area contributed by atoms with Crippen molar-refractivity contribution in [1.29, 1.82) is 0 Å². The van der Waals surface area contributed by atoms with Crippen molar-refractivity contribution < 1.29 is 18.7 Å². The van der Waals surface area contributed by atoms with Crippen LogP contribution in [0.15, 0.2) is 24.3 Å². The van der Waals surface area contributed by atoms with Gasteiger partial charge in [-0.3, -0.25) is 4.79 Å². The van der Waals surface area contributed by atoms with Gasteiger partial charge in [0.1, 0.15) is 5.82 Å². The maximum Gasteiger partial charge on any atom is 0.226 e. The summed E-state index contributed by atoms with van der Waals surface area (Å²) in [6.07, 6.45) is 4.50. The molecule has 1 aromatic rings. The van der Waals surface area contributed by atoms with Crippen molar-refractivity contribution in [3.63, 3.8) is 0 Å². The molecule has 3 fully saturated rings. The van der Waals surface area contributed by atoms with Crippen LogP contribution in [-0.4, -0.2) is 31.3 Å². The van der Waals surface area contributed by atoms with E-state index in [9.17, 15) is 9.18 Å². The van der Waals surface area contributed by atoms with E-state index in [4.69, 9.17) is 9.47 Å². The summed E-state index contributed by atoms with van der Waals surface area (Å²) < 4.78 is 25.0. The number of carbonyl (C=O) groups is 1. The van der Waals surface area contributed by atoms with E-state index < -0.39 is 5.54 Å². The van der Waals surface area contributed by atoms with Crippen molar-refractivity contribution in [1.82, 2.24) is 5.32 Å². The van der Waals surface area contributed by atoms with Gasteiger partial charge in [0.25, 0.3) is 0 Å². The van der Waals surface area contributed by atoms with E-state index in [-0.39, 0.29) is 29.9 Å². The monoisotopic (exact) mass is 319 g/mol. The first-order chi connectivity index (χ1) is 11.2. The Balaban J connectivity index is 1.57. The summed E-state index contributed by atoms with van der Waals surface area (Å²) in [5.74, 6) is -0.295. The zero-order valence-electron chi connectivity index (χ0n) is 13.1. The Labute approximate surface area is 135 Å². The molecule has 23 heavy (non-hydrogen) atoms. The molecule has 3 atom stereocenters. The van der Waals surface area contributed by atoms with Crippen LogP contribution in [0.2, 0.25) is 0 Å². The second-order valence-corrected chi connectivity index (χ2v) is 6.91. The second kappa shape index (κ2) is 5.87. The van der Waals surface area contributed by atoms with Crippen LogP contribution >= 0.6 is 0 Å². The molecule has 5 heteroatoms. The van der Waals surface area contributed by atoms with Gasteiger partial charge in [0.15, 0.2) is 0 Å². The average Bonchev–Trinajstić information content (AvgIpc) is 3.19. The first-order valence-corrected chi connectivity index (χ1v) is 8.48. The topological polar surface area (TPSA) is 47.6 Å². The molecular weight excluding hydrogens is 297 g/mol. The van der Waals surface area contributed by atoms with Gasteiger partial charge in [-0.2, -0.15) is 0 Å². The molecule has 1 aromatic carbocycles. The van der Waals surface area contributed by atoms with Gasteiger partial charge < -0.3 is 14.8 Å². The Morgan fingerprint density at radius 3 is 2.74 bits per heavy atom. The van der Waals surface area contributed by atoms with Gasteiger partial charge in [0, 0.05) is 13.2 Å². The van der Waals surface area contributed by atoms with Gasteiger partial charge in [0.05, 0.1) is 23.7 Å².